The number of hydrogen-bond donors (Lipinski definition) is 1. The van der Waals surface area contributed by atoms with Gasteiger partial charge in [0.05, 0.1) is 23.2 Å². The molecule has 0 saturated carbocycles. The molecule has 0 radical (unpaired) electrons. The fourth-order valence-corrected chi connectivity index (χ4v) is 1.98. The van der Waals surface area contributed by atoms with E-state index in [1.807, 2.05) is 0 Å². The van der Waals surface area contributed by atoms with E-state index in [9.17, 15) is 10.1 Å². The van der Waals surface area contributed by atoms with Crippen molar-refractivity contribution in [3.8, 4) is 0 Å². The van der Waals surface area contributed by atoms with E-state index >= 15 is 0 Å². The monoisotopic (exact) mass is 236 g/mol. The molecule has 5 nitrogen and oxygen atoms in total. The van der Waals surface area contributed by atoms with Gasteiger partial charge in [-0.05, 0) is 25.5 Å². The van der Waals surface area contributed by atoms with E-state index in [2.05, 4.69) is 5.32 Å². The van der Waals surface area contributed by atoms with Gasteiger partial charge in [-0.1, -0.05) is 12.1 Å². The summed E-state index contributed by atoms with van der Waals surface area (Å²) < 4.78 is 5.69. The number of benzene rings is 1. The van der Waals surface area contributed by atoms with Crippen molar-refractivity contribution in [3.05, 3.63) is 39.9 Å². The van der Waals surface area contributed by atoms with Gasteiger partial charge in [-0.15, -0.1) is 0 Å². The highest BCUT2D eigenvalue weighted by atomic mass is 16.6. The van der Waals surface area contributed by atoms with Gasteiger partial charge in [-0.25, -0.2) is 0 Å². The quantitative estimate of drug-likeness (QED) is 0.640. The molecule has 0 aromatic heterocycles. The molecule has 1 atom stereocenters. The van der Waals surface area contributed by atoms with Crippen LogP contribution in [0.2, 0.25) is 0 Å². The van der Waals surface area contributed by atoms with Crippen LogP contribution >= 0.6 is 0 Å². The molecule has 0 bridgehead atoms. The van der Waals surface area contributed by atoms with Crippen molar-refractivity contribution in [2.24, 2.45) is 0 Å². The van der Waals surface area contributed by atoms with Gasteiger partial charge in [0.2, 0.25) is 0 Å². The van der Waals surface area contributed by atoms with Gasteiger partial charge in [-0.3, -0.25) is 10.1 Å². The lowest BCUT2D eigenvalue weighted by Gasteiger charge is -2.22. The van der Waals surface area contributed by atoms with Crippen LogP contribution in [0.1, 0.15) is 18.4 Å². The summed E-state index contributed by atoms with van der Waals surface area (Å²) in [6.45, 7) is 2.18. The fourth-order valence-electron chi connectivity index (χ4n) is 1.98. The number of nitro benzene ring substituents is 1. The Bertz CT molecular complexity index is 389. The molecule has 1 aromatic rings. The molecular formula is C12H16N2O3. The zero-order chi connectivity index (χ0) is 12.1. The molecule has 5 heteroatoms. The third-order valence-corrected chi connectivity index (χ3v) is 2.91. The molecule has 1 N–H and O–H groups in total. The molecule has 1 aliphatic heterocycles. The Morgan fingerprint density at radius 3 is 3.00 bits per heavy atom. The number of hydrogen-bond acceptors (Lipinski definition) is 4. The van der Waals surface area contributed by atoms with Crippen LogP contribution in [0.3, 0.4) is 0 Å². The Hall–Kier alpha value is -1.46. The Balaban J connectivity index is 1.96. The lowest BCUT2D eigenvalue weighted by molar-refractivity contribution is -0.386. The van der Waals surface area contributed by atoms with Gasteiger partial charge in [-0.2, -0.15) is 0 Å². The first-order valence-corrected chi connectivity index (χ1v) is 5.82. The maximum Gasteiger partial charge on any atom is 0.274 e. The van der Waals surface area contributed by atoms with Crippen LogP contribution in [0, 0.1) is 10.1 Å². The first-order chi connectivity index (χ1) is 8.27. The summed E-state index contributed by atoms with van der Waals surface area (Å²) in [5.41, 5.74) is 0.777. The molecule has 0 spiro atoms. The molecule has 1 fully saturated rings. The van der Waals surface area contributed by atoms with E-state index in [0.29, 0.717) is 12.2 Å². The number of nitrogens with zero attached hydrogens (tertiary/aromatic N) is 1. The Morgan fingerprint density at radius 2 is 2.29 bits per heavy atom. The van der Waals surface area contributed by atoms with Crippen LogP contribution in [0.15, 0.2) is 24.3 Å². The van der Waals surface area contributed by atoms with Crippen LogP contribution < -0.4 is 5.32 Å². The molecule has 0 aliphatic carbocycles. The zero-order valence-corrected chi connectivity index (χ0v) is 9.59. The van der Waals surface area contributed by atoms with Gasteiger partial charge in [0.25, 0.3) is 5.69 Å². The molecule has 17 heavy (non-hydrogen) atoms. The summed E-state index contributed by atoms with van der Waals surface area (Å²) in [7, 11) is 0. The smallest absolute Gasteiger partial charge is 0.274 e. The lowest BCUT2D eigenvalue weighted by Crippen LogP contribution is -2.35. The molecule has 1 unspecified atom stereocenters. The molecular weight excluding hydrogens is 220 g/mol. The minimum Gasteiger partial charge on any atom is -0.372 e. The van der Waals surface area contributed by atoms with E-state index in [4.69, 9.17) is 4.74 Å². The highest BCUT2D eigenvalue weighted by Gasteiger charge is 2.16. The van der Waals surface area contributed by atoms with Crippen molar-refractivity contribution in [2.75, 3.05) is 13.1 Å². The maximum absolute atomic E-state index is 10.8. The molecule has 1 saturated heterocycles. The minimum absolute atomic E-state index is 0.135. The highest BCUT2D eigenvalue weighted by Crippen LogP contribution is 2.19. The Labute approximate surface area is 99.9 Å². The number of ether oxygens (including phenoxy) is 1. The fraction of sp³-hybridized carbons (Fsp3) is 0.500. The van der Waals surface area contributed by atoms with Crippen molar-refractivity contribution >= 4 is 5.69 Å². The van der Waals surface area contributed by atoms with Crippen molar-refractivity contribution in [3.63, 3.8) is 0 Å². The van der Waals surface area contributed by atoms with Crippen LogP contribution in [0.5, 0.6) is 0 Å². The molecule has 92 valence electrons. The first-order valence-electron chi connectivity index (χ1n) is 5.82. The summed E-state index contributed by atoms with van der Waals surface area (Å²) in [5, 5.41) is 14.1. The highest BCUT2D eigenvalue weighted by molar-refractivity contribution is 5.39. The average Bonchev–Trinajstić information content (AvgIpc) is 2.38. The topological polar surface area (TPSA) is 64.4 Å². The molecule has 2 rings (SSSR count). The second-order valence-corrected chi connectivity index (χ2v) is 4.17. The molecule has 1 aromatic carbocycles. The summed E-state index contributed by atoms with van der Waals surface area (Å²) in [6, 6.07) is 6.72. The Kier molecular flexibility index (Phi) is 4.06. The van der Waals surface area contributed by atoms with Gasteiger partial charge >= 0.3 is 0 Å². The second-order valence-electron chi connectivity index (χ2n) is 4.17. The number of para-hydroxylation sites is 1. The van der Waals surface area contributed by atoms with E-state index in [-0.39, 0.29) is 16.7 Å². The van der Waals surface area contributed by atoms with Crippen LogP contribution in [0.4, 0.5) is 5.69 Å². The van der Waals surface area contributed by atoms with Crippen LogP contribution in [0.25, 0.3) is 0 Å². The van der Waals surface area contributed by atoms with Crippen LogP contribution in [-0.4, -0.2) is 24.1 Å². The van der Waals surface area contributed by atoms with Crippen molar-refractivity contribution < 1.29 is 9.66 Å². The largest absolute Gasteiger partial charge is 0.372 e. The predicted molar refractivity (Wildman–Crippen MR) is 63.8 cm³/mol. The number of nitrogens with one attached hydrogen (secondary N) is 1. The van der Waals surface area contributed by atoms with E-state index < -0.39 is 0 Å². The van der Waals surface area contributed by atoms with Crippen molar-refractivity contribution in [2.45, 2.75) is 25.6 Å². The van der Waals surface area contributed by atoms with Gasteiger partial charge in [0, 0.05) is 12.6 Å². The lowest BCUT2D eigenvalue weighted by atomic mass is 10.1. The Morgan fingerprint density at radius 1 is 1.47 bits per heavy atom. The molecule has 0 amide bonds. The normalized spacial score (nSPS) is 20.1. The predicted octanol–water partition coefficient (Wildman–Crippen LogP) is 1.86. The number of nitro groups is 1. The van der Waals surface area contributed by atoms with Gasteiger partial charge in [0.15, 0.2) is 0 Å². The zero-order valence-electron chi connectivity index (χ0n) is 9.59. The minimum atomic E-state index is -0.363. The molecule has 1 aliphatic rings. The van der Waals surface area contributed by atoms with Crippen molar-refractivity contribution in [1.82, 2.24) is 5.32 Å². The van der Waals surface area contributed by atoms with E-state index in [1.54, 1.807) is 18.2 Å². The molecule has 1 heterocycles. The summed E-state index contributed by atoms with van der Waals surface area (Å²) in [5.74, 6) is 0. The number of piperidine rings is 1. The van der Waals surface area contributed by atoms with Gasteiger partial charge in [0.1, 0.15) is 0 Å². The summed E-state index contributed by atoms with van der Waals surface area (Å²) in [6.07, 6.45) is 2.29. The number of rotatable bonds is 4. The standard InChI is InChI=1S/C12H16N2O3/c15-14(16)12-6-2-1-4-10(12)9-17-11-5-3-7-13-8-11/h1-2,4,6,11,13H,3,5,7-9H2. The second kappa shape index (κ2) is 5.75. The maximum atomic E-state index is 10.8. The summed E-state index contributed by atoms with van der Waals surface area (Å²) >= 11 is 0. The summed E-state index contributed by atoms with van der Waals surface area (Å²) in [4.78, 5) is 10.4. The van der Waals surface area contributed by atoms with Gasteiger partial charge < -0.3 is 10.1 Å². The average molecular weight is 236 g/mol. The van der Waals surface area contributed by atoms with Crippen LogP contribution in [-0.2, 0) is 11.3 Å². The first kappa shape index (κ1) is 12.0. The third kappa shape index (κ3) is 3.25. The SMILES string of the molecule is O=[N+]([O-])c1ccccc1COC1CCCNC1. The van der Waals surface area contributed by atoms with E-state index in [0.717, 1.165) is 25.9 Å². The third-order valence-electron chi connectivity index (χ3n) is 2.91. The van der Waals surface area contributed by atoms with Crippen molar-refractivity contribution in [1.29, 1.82) is 0 Å². The van der Waals surface area contributed by atoms with E-state index in [1.165, 1.54) is 6.07 Å².